The molecule has 1 N–H and O–H groups in total. The SMILES string of the molecule is Cc1ccccc1Nc1ccc(CCCCCN2CCCC2)cc1C. The van der Waals surface area contributed by atoms with Crippen LogP contribution in [0.25, 0.3) is 0 Å². The van der Waals surface area contributed by atoms with Crippen LogP contribution in [-0.4, -0.2) is 24.5 Å². The van der Waals surface area contributed by atoms with Gasteiger partial charge in [-0.1, -0.05) is 36.8 Å². The fraction of sp³-hybridized carbons (Fsp3) is 0.478. The molecule has 1 aliphatic heterocycles. The molecule has 0 aliphatic carbocycles. The first-order chi connectivity index (χ1) is 12.2. The Kier molecular flexibility index (Phi) is 6.52. The molecule has 0 atom stereocenters. The Balaban J connectivity index is 1.45. The van der Waals surface area contributed by atoms with Crippen LogP contribution in [0.1, 0.15) is 48.8 Å². The van der Waals surface area contributed by atoms with Crippen molar-refractivity contribution in [1.82, 2.24) is 4.90 Å². The van der Waals surface area contributed by atoms with Crippen LogP contribution >= 0.6 is 0 Å². The number of benzene rings is 2. The van der Waals surface area contributed by atoms with Crippen molar-refractivity contribution in [3.05, 3.63) is 59.2 Å². The second-order valence-corrected chi connectivity index (χ2v) is 7.45. The number of rotatable bonds is 8. The molecular weight excluding hydrogens is 304 g/mol. The van der Waals surface area contributed by atoms with E-state index in [2.05, 4.69) is 66.5 Å². The molecule has 2 aromatic carbocycles. The molecule has 0 unspecified atom stereocenters. The maximum absolute atomic E-state index is 3.57. The highest BCUT2D eigenvalue weighted by Crippen LogP contribution is 2.24. The minimum atomic E-state index is 1.19. The van der Waals surface area contributed by atoms with Gasteiger partial charge in [-0.05, 0) is 94.4 Å². The average molecular weight is 337 g/mol. The van der Waals surface area contributed by atoms with E-state index in [4.69, 9.17) is 0 Å². The predicted octanol–water partition coefficient (Wildman–Crippen LogP) is 5.86. The molecule has 0 saturated carbocycles. The summed E-state index contributed by atoms with van der Waals surface area (Å²) >= 11 is 0. The lowest BCUT2D eigenvalue weighted by molar-refractivity contribution is 0.328. The Morgan fingerprint density at radius 1 is 0.840 bits per heavy atom. The zero-order chi connectivity index (χ0) is 17.5. The summed E-state index contributed by atoms with van der Waals surface area (Å²) in [6.07, 6.45) is 8.01. The van der Waals surface area contributed by atoms with Gasteiger partial charge in [0.15, 0.2) is 0 Å². The summed E-state index contributed by atoms with van der Waals surface area (Å²) in [5, 5.41) is 3.57. The summed E-state index contributed by atoms with van der Waals surface area (Å²) in [5.74, 6) is 0. The second kappa shape index (κ2) is 9.05. The molecule has 0 amide bonds. The summed E-state index contributed by atoms with van der Waals surface area (Å²) < 4.78 is 0. The molecule has 2 heteroatoms. The number of nitrogens with one attached hydrogen (secondary N) is 1. The summed E-state index contributed by atoms with van der Waals surface area (Å²) in [6, 6.07) is 15.3. The first kappa shape index (κ1) is 18.0. The summed E-state index contributed by atoms with van der Waals surface area (Å²) in [5.41, 5.74) is 6.49. The fourth-order valence-electron chi connectivity index (χ4n) is 3.73. The van der Waals surface area contributed by atoms with Gasteiger partial charge in [0, 0.05) is 11.4 Å². The Hall–Kier alpha value is -1.80. The lowest BCUT2D eigenvalue weighted by Crippen LogP contribution is -2.20. The van der Waals surface area contributed by atoms with Gasteiger partial charge in [0.25, 0.3) is 0 Å². The van der Waals surface area contributed by atoms with E-state index < -0.39 is 0 Å². The fourth-order valence-corrected chi connectivity index (χ4v) is 3.73. The lowest BCUT2D eigenvalue weighted by Gasteiger charge is -2.14. The third kappa shape index (κ3) is 5.34. The van der Waals surface area contributed by atoms with Crippen molar-refractivity contribution in [2.24, 2.45) is 0 Å². The number of aryl methyl sites for hydroxylation is 3. The van der Waals surface area contributed by atoms with E-state index in [1.165, 1.54) is 86.2 Å². The monoisotopic (exact) mass is 336 g/mol. The van der Waals surface area contributed by atoms with Gasteiger partial charge in [-0.25, -0.2) is 0 Å². The van der Waals surface area contributed by atoms with Crippen LogP contribution in [0.5, 0.6) is 0 Å². The second-order valence-electron chi connectivity index (χ2n) is 7.45. The van der Waals surface area contributed by atoms with E-state index >= 15 is 0 Å². The number of anilines is 2. The number of nitrogens with zero attached hydrogens (tertiary/aromatic N) is 1. The van der Waals surface area contributed by atoms with Gasteiger partial charge in [0.05, 0.1) is 0 Å². The largest absolute Gasteiger partial charge is 0.355 e. The molecule has 1 fully saturated rings. The Labute approximate surface area is 153 Å². The molecule has 1 saturated heterocycles. The Morgan fingerprint density at radius 2 is 1.60 bits per heavy atom. The van der Waals surface area contributed by atoms with E-state index in [9.17, 15) is 0 Å². The van der Waals surface area contributed by atoms with Gasteiger partial charge in [0.1, 0.15) is 0 Å². The molecule has 2 aromatic rings. The third-order valence-corrected chi connectivity index (χ3v) is 5.34. The van der Waals surface area contributed by atoms with Crippen molar-refractivity contribution < 1.29 is 0 Å². The van der Waals surface area contributed by atoms with Crippen molar-refractivity contribution >= 4 is 11.4 Å². The highest BCUT2D eigenvalue weighted by Gasteiger charge is 2.10. The third-order valence-electron chi connectivity index (χ3n) is 5.34. The van der Waals surface area contributed by atoms with Crippen LogP contribution < -0.4 is 5.32 Å². The zero-order valence-corrected chi connectivity index (χ0v) is 15.9. The molecule has 134 valence electrons. The van der Waals surface area contributed by atoms with Crippen LogP contribution in [0.3, 0.4) is 0 Å². The van der Waals surface area contributed by atoms with Crippen LogP contribution in [0.2, 0.25) is 0 Å². The topological polar surface area (TPSA) is 15.3 Å². The average Bonchev–Trinajstić information content (AvgIpc) is 3.12. The number of para-hydroxylation sites is 1. The smallest absolute Gasteiger partial charge is 0.0414 e. The van der Waals surface area contributed by atoms with E-state index in [0.717, 1.165) is 0 Å². The molecule has 1 aliphatic rings. The van der Waals surface area contributed by atoms with Gasteiger partial charge in [0.2, 0.25) is 0 Å². The standard InChI is InChI=1S/C23H32N2/c1-19-10-5-6-12-22(19)24-23-14-13-21(18-20(23)2)11-4-3-7-15-25-16-8-9-17-25/h5-6,10,12-14,18,24H,3-4,7-9,11,15-17H2,1-2H3. The molecule has 0 radical (unpaired) electrons. The lowest BCUT2D eigenvalue weighted by atomic mass is 10.0. The van der Waals surface area contributed by atoms with Crippen molar-refractivity contribution in [2.75, 3.05) is 25.0 Å². The van der Waals surface area contributed by atoms with Crippen molar-refractivity contribution in [2.45, 2.75) is 52.4 Å². The molecule has 0 aromatic heterocycles. The summed E-state index contributed by atoms with van der Waals surface area (Å²) in [4.78, 5) is 2.62. The maximum atomic E-state index is 3.57. The molecular formula is C23H32N2. The van der Waals surface area contributed by atoms with Crippen LogP contribution in [0.15, 0.2) is 42.5 Å². The highest BCUT2D eigenvalue weighted by molar-refractivity contribution is 5.65. The van der Waals surface area contributed by atoms with Gasteiger partial charge in [-0.2, -0.15) is 0 Å². The Morgan fingerprint density at radius 3 is 2.36 bits per heavy atom. The van der Waals surface area contributed by atoms with Crippen molar-refractivity contribution in [1.29, 1.82) is 0 Å². The first-order valence-electron chi connectivity index (χ1n) is 9.87. The molecule has 3 rings (SSSR count). The van der Waals surface area contributed by atoms with E-state index in [0.29, 0.717) is 0 Å². The maximum Gasteiger partial charge on any atom is 0.0414 e. The molecule has 1 heterocycles. The number of hydrogen-bond acceptors (Lipinski definition) is 2. The van der Waals surface area contributed by atoms with Crippen LogP contribution in [0, 0.1) is 13.8 Å². The number of hydrogen-bond donors (Lipinski definition) is 1. The summed E-state index contributed by atoms with van der Waals surface area (Å²) in [7, 11) is 0. The summed E-state index contributed by atoms with van der Waals surface area (Å²) in [6.45, 7) is 8.31. The van der Waals surface area contributed by atoms with Crippen molar-refractivity contribution in [3.63, 3.8) is 0 Å². The van der Waals surface area contributed by atoms with Gasteiger partial charge in [-0.15, -0.1) is 0 Å². The highest BCUT2D eigenvalue weighted by atomic mass is 15.1. The zero-order valence-electron chi connectivity index (χ0n) is 15.9. The minimum Gasteiger partial charge on any atom is -0.355 e. The quantitative estimate of drug-likeness (QED) is 0.608. The van der Waals surface area contributed by atoms with E-state index in [-0.39, 0.29) is 0 Å². The van der Waals surface area contributed by atoms with Crippen LogP contribution in [0.4, 0.5) is 11.4 Å². The van der Waals surface area contributed by atoms with Gasteiger partial charge >= 0.3 is 0 Å². The normalized spacial score (nSPS) is 14.8. The number of likely N-dealkylation sites (tertiary alicyclic amines) is 1. The van der Waals surface area contributed by atoms with Gasteiger partial charge < -0.3 is 10.2 Å². The van der Waals surface area contributed by atoms with Gasteiger partial charge in [-0.3, -0.25) is 0 Å². The molecule has 25 heavy (non-hydrogen) atoms. The molecule has 0 spiro atoms. The molecule has 0 bridgehead atoms. The number of unbranched alkanes of at least 4 members (excludes halogenated alkanes) is 2. The van der Waals surface area contributed by atoms with E-state index in [1.807, 2.05) is 0 Å². The van der Waals surface area contributed by atoms with Crippen molar-refractivity contribution in [3.8, 4) is 0 Å². The first-order valence-corrected chi connectivity index (χ1v) is 9.87. The molecule has 2 nitrogen and oxygen atoms in total. The minimum absolute atomic E-state index is 1.19. The van der Waals surface area contributed by atoms with E-state index in [1.54, 1.807) is 0 Å². The predicted molar refractivity (Wildman–Crippen MR) is 109 cm³/mol. The Bertz CT molecular complexity index is 672. The van der Waals surface area contributed by atoms with Crippen LogP contribution in [-0.2, 0) is 6.42 Å².